The Morgan fingerprint density at radius 2 is 0.800 bits per heavy atom. The van der Waals surface area contributed by atoms with Crippen LogP contribution in [0.2, 0.25) is 0 Å². The third-order valence-electron chi connectivity index (χ3n) is 1.78. The fraction of sp³-hybridized carbons (Fsp3) is 0. The van der Waals surface area contributed by atoms with Gasteiger partial charge in [0.2, 0.25) is 0 Å². The minimum atomic E-state index is 0. The normalized spacial score (nSPS) is 6.80. The molecular formula is C15H13O2Y3-3. The Morgan fingerprint density at radius 1 is 0.550 bits per heavy atom. The molecule has 0 aliphatic carbocycles. The summed E-state index contributed by atoms with van der Waals surface area (Å²) < 4.78 is 0. The molecule has 0 aliphatic heterocycles. The Morgan fingerprint density at radius 3 is 0.950 bits per heavy atom. The largest absolute Gasteiger partial charge is 0.376 e. The molecule has 0 saturated heterocycles. The van der Waals surface area contributed by atoms with Crippen LogP contribution in [0.4, 0.5) is 0 Å². The van der Waals surface area contributed by atoms with Crippen molar-refractivity contribution in [3.63, 3.8) is 0 Å². The van der Waals surface area contributed by atoms with E-state index in [9.17, 15) is 9.59 Å². The van der Waals surface area contributed by atoms with Gasteiger partial charge in [-0.15, -0.1) is 24.3 Å². The molecule has 0 aromatic heterocycles. The monoisotopic (exact) mass is 492 g/mol. The number of rotatable bonds is 2. The topological polar surface area (TPSA) is 34.1 Å². The maximum Gasteiger partial charge on any atom is 0.0627 e. The van der Waals surface area contributed by atoms with E-state index in [2.05, 4.69) is 0 Å². The summed E-state index contributed by atoms with van der Waals surface area (Å²) in [5, 5.41) is 0. The standard InChI is InChI=1S/2C7H5O.CH3.3Y/c2*8-6-7-4-2-1-3-5-7;;;;/h2*1-5H;1H3;;;/q3*-1;;;. The fourth-order valence-corrected chi connectivity index (χ4v) is 1.01. The second-order valence-corrected chi connectivity index (χ2v) is 2.94. The van der Waals surface area contributed by atoms with Crippen LogP contribution in [0.5, 0.6) is 0 Å². The SMILES string of the molecule is O=[C-]c1ccccc1.O=[C-]c1ccccc1.[CH3-].[Y].[Y].[Y]. The third-order valence-corrected chi connectivity index (χ3v) is 1.78. The van der Waals surface area contributed by atoms with E-state index in [-0.39, 0.29) is 106 Å². The number of carbonyl (C=O) groups excluding carboxylic acids is 2. The van der Waals surface area contributed by atoms with Crippen LogP contribution in [0.15, 0.2) is 60.7 Å². The summed E-state index contributed by atoms with van der Waals surface area (Å²) in [4.78, 5) is 19.8. The first-order chi connectivity index (χ1) is 7.86. The van der Waals surface area contributed by atoms with Gasteiger partial charge in [0.25, 0.3) is 0 Å². The predicted octanol–water partition coefficient (Wildman–Crippen LogP) is 2.73. The predicted molar refractivity (Wildman–Crippen MR) is 68.9 cm³/mol. The van der Waals surface area contributed by atoms with E-state index >= 15 is 0 Å². The molecule has 97 valence electrons. The minimum absolute atomic E-state index is 0. The van der Waals surface area contributed by atoms with E-state index in [1.54, 1.807) is 61.1 Å². The molecular weight excluding hydrogens is 479 g/mol. The van der Waals surface area contributed by atoms with Gasteiger partial charge in [-0.05, 0) is 0 Å². The van der Waals surface area contributed by atoms with E-state index in [1.165, 1.54) is 0 Å². The van der Waals surface area contributed by atoms with Crippen LogP contribution < -0.4 is 0 Å². The first-order valence-electron chi connectivity index (χ1n) is 4.73. The molecule has 2 rings (SSSR count). The van der Waals surface area contributed by atoms with Crippen LogP contribution >= 0.6 is 0 Å². The molecule has 2 aromatic rings. The zero-order valence-electron chi connectivity index (χ0n) is 11.3. The fourth-order valence-electron chi connectivity index (χ4n) is 1.01. The molecule has 0 aliphatic rings. The van der Waals surface area contributed by atoms with Gasteiger partial charge in [0.1, 0.15) is 0 Å². The first kappa shape index (κ1) is 29.1. The summed E-state index contributed by atoms with van der Waals surface area (Å²) in [6, 6.07) is 17.8. The molecule has 0 spiro atoms. The summed E-state index contributed by atoms with van der Waals surface area (Å²) in [5.41, 5.74) is 1.21. The Hall–Kier alpha value is 1.09. The van der Waals surface area contributed by atoms with Crippen LogP contribution in [0, 0.1) is 7.43 Å². The van der Waals surface area contributed by atoms with Gasteiger partial charge in [-0.25, -0.2) is 0 Å². The van der Waals surface area contributed by atoms with Crippen molar-refractivity contribution in [3.8, 4) is 0 Å². The Balaban J connectivity index is -0.000000107. The number of hydrogen-bond acceptors (Lipinski definition) is 2. The molecule has 5 heteroatoms. The van der Waals surface area contributed by atoms with E-state index in [0.717, 1.165) is 0 Å². The minimum Gasteiger partial charge on any atom is -0.376 e. The first-order valence-corrected chi connectivity index (χ1v) is 4.73. The van der Waals surface area contributed by atoms with Crippen molar-refractivity contribution in [2.24, 2.45) is 0 Å². The second kappa shape index (κ2) is 20.1. The second-order valence-electron chi connectivity index (χ2n) is 2.94. The van der Waals surface area contributed by atoms with E-state index in [1.807, 2.05) is 12.1 Å². The molecule has 0 heterocycles. The molecule has 0 saturated carbocycles. The van der Waals surface area contributed by atoms with Gasteiger partial charge in [-0.2, -0.15) is 35.4 Å². The van der Waals surface area contributed by atoms with Crippen LogP contribution in [-0.4, -0.2) is 12.6 Å². The van der Waals surface area contributed by atoms with Crippen LogP contribution in [0.1, 0.15) is 11.1 Å². The molecule has 0 atom stereocenters. The summed E-state index contributed by atoms with van der Waals surface area (Å²) in [6.07, 6.45) is 3.55. The van der Waals surface area contributed by atoms with Gasteiger partial charge in [0, 0.05) is 98.1 Å². The molecule has 3 radical (unpaired) electrons. The molecule has 0 bridgehead atoms. The van der Waals surface area contributed by atoms with Crippen molar-refractivity contribution < 1.29 is 108 Å². The maximum absolute atomic E-state index is 9.88. The zero-order chi connectivity index (χ0) is 11.6. The van der Waals surface area contributed by atoms with Crippen molar-refractivity contribution >= 4 is 12.6 Å². The average molecular weight is 492 g/mol. The van der Waals surface area contributed by atoms with Crippen molar-refractivity contribution in [2.45, 2.75) is 0 Å². The molecule has 0 fully saturated rings. The molecule has 2 nitrogen and oxygen atoms in total. The van der Waals surface area contributed by atoms with Crippen LogP contribution in [0.25, 0.3) is 0 Å². The van der Waals surface area contributed by atoms with Gasteiger partial charge in [-0.1, -0.05) is 12.1 Å². The molecule has 0 N–H and O–H groups in total. The van der Waals surface area contributed by atoms with E-state index < -0.39 is 0 Å². The van der Waals surface area contributed by atoms with Crippen molar-refractivity contribution in [1.29, 1.82) is 0 Å². The summed E-state index contributed by atoms with van der Waals surface area (Å²) in [7, 11) is 0. The van der Waals surface area contributed by atoms with Gasteiger partial charge >= 0.3 is 0 Å². The van der Waals surface area contributed by atoms with Gasteiger partial charge in [0.15, 0.2) is 0 Å². The molecule has 0 amide bonds. The average Bonchev–Trinajstić information content (AvgIpc) is 2.41. The molecule has 2 aromatic carbocycles. The quantitative estimate of drug-likeness (QED) is 0.605. The third kappa shape index (κ3) is 14.0. The smallest absolute Gasteiger partial charge is 0.0627 e. The van der Waals surface area contributed by atoms with Gasteiger partial charge in [0.05, 0.1) is 12.6 Å². The molecule has 0 unspecified atom stereocenters. The van der Waals surface area contributed by atoms with Gasteiger partial charge < -0.3 is 17.0 Å². The van der Waals surface area contributed by atoms with Crippen molar-refractivity contribution in [1.82, 2.24) is 0 Å². The zero-order valence-corrected chi connectivity index (χ0v) is 19.8. The van der Waals surface area contributed by atoms with Crippen LogP contribution in [0.3, 0.4) is 0 Å². The summed E-state index contributed by atoms with van der Waals surface area (Å²) >= 11 is 0. The van der Waals surface area contributed by atoms with E-state index in [4.69, 9.17) is 0 Å². The maximum atomic E-state index is 9.88. The Kier molecular flexibility index (Phi) is 29.3. The number of benzene rings is 2. The Bertz CT molecular complexity index is 390. The number of hydrogen-bond donors (Lipinski definition) is 0. The van der Waals surface area contributed by atoms with Crippen LogP contribution in [-0.2, 0) is 108 Å². The summed E-state index contributed by atoms with van der Waals surface area (Å²) in [6.45, 7) is 0. The molecule has 20 heavy (non-hydrogen) atoms. The van der Waals surface area contributed by atoms with Gasteiger partial charge in [-0.3, -0.25) is 0 Å². The Labute approximate surface area is 196 Å². The van der Waals surface area contributed by atoms with Crippen molar-refractivity contribution in [2.75, 3.05) is 0 Å². The van der Waals surface area contributed by atoms with E-state index in [0.29, 0.717) is 11.1 Å². The summed E-state index contributed by atoms with van der Waals surface area (Å²) in [5.74, 6) is 0. The van der Waals surface area contributed by atoms with Crippen molar-refractivity contribution in [3.05, 3.63) is 79.2 Å².